The van der Waals surface area contributed by atoms with Crippen LogP contribution >= 0.6 is 0 Å². The third-order valence-corrected chi connectivity index (χ3v) is 7.15. The average Bonchev–Trinajstić information content (AvgIpc) is 3.38. The molecule has 0 radical (unpaired) electrons. The zero-order valence-corrected chi connectivity index (χ0v) is 21.9. The minimum atomic E-state index is -0.333. The maximum absolute atomic E-state index is 13.8. The lowest BCUT2D eigenvalue weighted by Crippen LogP contribution is -2.50. The summed E-state index contributed by atoms with van der Waals surface area (Å²) in [5.41, 5.74) is 3.56. The molecule has 5 rings (SSSR count). The molecule has 1 saturated heterocycles. The van der Waals surface area contributed by atoms with Gasteiger partial charge in [0.15, 0.2) is 5.82 Å². The maximum atomic E-state index is 13.8. The fourth-order valence-electron chi connectivity index (χ4n) is 5.19. The summed E-state index contributed by atoms with van der Waals surface area (Å²) in [7, 11) is 1.65. The minimum absolute atomic E-state index is 0.121. The van der Waals surface area contributed by atoms with Crippen molar-refractivity contribution in [3.05, 3.63) is 76.7 Å². The standard InChI is InChI=1S/C28H32N6O4/c1-18-13-23-27(37)34(11-10-33(23)9-7-28(2,3)15-18)25-21(17-35)20(5-8-29-25)19-14-22(26(36)32(4)16-19)30-24-6-12-38-31-24/h5-6,8,12-14,16,35H,1,7,9-11,15,17H2,2-4H3,(H,30,31)/b23-13-. The lowest BCUT2D eigenvalue weighted by molar-refractivity contribution is -0.118. The fraction of sp³-hybridized carbons (Fsp3) is 0.357. The van der Waals surface area contributed by atoms with Gasteiger partial charge in [-0.25, -0.2) is 4.98 Å². The van der Waals surface area contributed by atoms with E-state index < -0.39 is 0 Å². The smallest absolute Gasteiger partial charge is 0.275 e. The second-order valence-corrected chi connectivity index (χ2v) is 10.6. The Morgan fingerprint density at radius 3 is 2.76 bits per heavy atom. The van der Waals surface area contributed by atoms with Crippen LogP contribution in [0.1, 0.15) is 32.3 Å². The average molecular weight is 517 g/mol. The van der Waals surface area contributed by atoms with Crippen molar-refractivity contribution in [2.24, 2.45) is 12.5 Å². The number of nitrogens with one attached hydrogen (secondary N) is 1. The highest BCUT2D eigenvalue weighted by Crippen LogP contribution is 2.36. The molecule has 0 unspecified atom stereocenters. The van der Waals surface area contributed by atoms with Gasteiger partial charge in [-0.3, -0.25) is 14.5 Å². The molecule has 10 nitrogen and oxygen atoms in total. The van der Waals surface area contributed by atoms with E-state index >= 15 is 0 Å². The number of aliphatic hydroxyl groups excluding tert-OH is 1. The Balaban J connectivity index is 1.53. The van der Waals surface area contributed by atoms with E-state index in [1.54, 1.807) is 42.5 Å². The van der Waals surface area contributed by atoms with Crippen LogP contribution in [0.4, 0.5) is 17.3 Å². The number of nitrogens with zero attached hydrogens (tertiary/aromatic N) is 5. The predicted molar refractivity (Wildman–Crippen MR) is 145 cm³/mol. The van der Waals surface area contributed by atoms with Crippen LogP contribution in [-0.2, 0) is 18.4 Å². The maximum Gasteiger partial charge on any atom is 0.275 e. The Kier molecular flexibility index (Phi) is 6.66. The third-order valence-electron chi connectivity index (χ3n) is 7.15. The first-order valence-electron chi connectivity index (χ1n) is 12.6. The van der Waals surface area contributed by atoms with Crippen molar-refractivity contribution >= 4 is 23.2 Å². The number of aliphatic hydroxyl groups is 1. The van der Waals surface area contributed by atoms with Gasteiger partial charge in [0.2, 0.25) is 0 Å². The molecule has 0 atom stereocenters. The topological polar surface area (TPSA) is 117 Å². The summed E-state index contributed by atoms with van der Waals surface area (Å²) in [5, 5.41) is 17.3. The number of aryl methyl sites for hydroxylation is 1. The van der Waals surface area contributed by atoms with E-state index in [2.05, 4.69) is 40.8 Å². The van der Waals surface area contributed by atoms with Crippen LogP contribution in [0.25, 0.3) is 11.1 Å². The first kappa shape index (κ1) is 25.5. The van der Waals surface area contributed by atoms with E-state index in [4.69, 9.17) is 4.52 Å². The molecule has 1 amide bonds. The molecule has 3 aromatic rings. The molecule has 5 heterocycles. The number of carbonyl (C=O) groups is 1. The van der Waals surface area contributed by atoms with E-state index in [0.29, 0.717) is 52.8 Å². The number of anilines is 3. The summed E-state index contributed by atoms with van der Waals surface area (Å²) < 4.78 is 6.31. The van der Waals surface area contributed by atoms with Gasteiger partial charge in [-0.2, -0.15) is 0 Å². The molecular formula is C28H32N6O4. The number of hydrogen-bond donors (Lipinski definition) is 2. The lowest BCUT2D eigenvalue weighted by atomic mass is 9.81. The molecule has 38 heavy (non-hydrogen) atoms. The van der Waals surface area contributed by atoms with Gasteiger partial charge in [-0.15, -0.1) is 0 Å². The molecule has 3 aromatic heterocycles. The number of fused-ring (bicyclic) bond motifs is 1. The highest BCUT2D eigenvalue weighted by Gasteiger charge is 2.35. The summed E-state index contributed by atoms with van der Waals surface area (Å²) in [5.74, 6) is 0.645. The number of amides is 1. The molecule has 0 aliphatic carbocycles. The molecular weight excluding hydrogens is 484 g/mol. The Morgan fingerprint density at radius 1 is 1.21 bits per heavy atom. The first-order valence-corrected chi connectivity index (χ1v) is 12.6. The molecule has 0 spiro atoms. The predicted octanol–water partition coefficient (Wildman–Crippen LogP) is 3.58. The van der Waals surface area contributed by atoms with Crippen molar-refractivity contribution in [3.8, 4) is 11.1 Å². The molecule has 0 bridgehead atoms. The molecule has 2 aliphatic rings. The highest BCUT2D eigenvalue weighted by molar-refractivity contribution is 6.06. The van der Waals surface area contributed by atoms with Gasteiger partial charge in [0.1, 0.15) is 23.5 Å². The molecule has 198 valence electrons. The quantitative estimate of drug-likeness (QED) is 0.529. The van der Waals surface area contributed by atoms with Crippen LogP contribution in [0.2, 0.25) is 0 Å². The fourth-order valence-corrected chi connectivity index (χ4v) is 5.19. The van der Waals surface area contributed by atoms with Gasteiger partial charge in [0.25, 0.3) is 11.5 Å². The van der Waals surface area contributed by atoms with E-state index in [1.807, 2.05) is 6.08 Å². The molecule has 2 N–H and O–H groups in total. The van der Waals surface area contributed by atoms with E-state index in [1.165, 1.54) is 10.8 Å². The molecule has 2 aliphatic heterocycles. The van der Waals surface area contributed by atoms with Crippen LogP contribution in [0.15, 0.2) is 70.1 Å². The highest BCUT2D eigenvalue weighted by atomic mass is 16.5. The van der Waals surface area contributed by atoms with Crippen LogP contribution in [0.3, 0.4) is 0 Å². The molecule has 10 heteroatoms. The zero-order valence-electron chi connectivity index (χ0n) is 21.9. The minimum Gasteiger partial charge on any atom is -0.392 e. The van der Waals surface area contributed by atoms with Crippen LogP contribution in [0, 0.1) is 5.41 Å². The number of aromatic nitrogens is 3. The van der Waals surface area contributed by atoms with Crippen molar-refractivity contribution in [3.63, 3.8) is 0 Å². The van der Waals surface area contributed by atoms with Crippen molar-refractivity contribution in [2.45, 2.75) is 33.3 Å². The summed E-state index contributed by atoms with van der Waals surface area (Å²) >= 11 is 0. The summed E-state index contributed by atoms with van der Waals surface area (Å²) in [6.07, 6.45) is 8.40. The molecule has 1 fully saturated rings. The van der Waals surface area contributed by atoms with E-state index in [-0.39, 0.29) is 23.5 Å². The Morgan fingerprint density at radius 2 is 2.03 bits per heavy atom. The normalized spacial score (nSPS) is 18.9. The van der Waals surface area contributed by atoms with Gasteiger partial charge in [-0.1, -0.05) is 31.2 Å². The SMILES string of the molecule is C=C1/C=C2/C(=O)N(c3nccc(-c4cc(Nc5ccon5)c(=O)n(C)c4)c3CO)CCN2CCC(C)(C)C1. The number of allylic oxidation sites excluding steroid dienone is 2. The van der Waals surface area contributed by atoms with Crippen molar-refractivity contribution < 1.29 is 14.4 Å². The van der Waals surface area contributed by atoms with E-state index in [0.717, 1.165) is 25.0 Å². The van der Waals surface area contributed by atoms with Crippen LogP contribution in [-0.4, -0.2) is 50.3 Å². The van der Waals surface area contributed by atoms with Crippen molar-refractivity contribution in [1.29, 1.82) is 0 Å². The Labute approximate surface area is 220 Å². The van der Waals surface area contributed by atoms with Gasteiger partial charge < -0.3 is 24.4 Å². The third kappa shape index (κ3) is 4.87. The van der Waals surface area contributed by atoms with Gasteiger partial charge in [-0.05, 0) is 42.0 Å². The Bertz CT molecular complexity index is 1470. The monoisotopic (exact) mass is 516 g/mol. The number of rotatable bonds is 5. The van der Waals surface area contributed by atoms with Gasteiger partial charge in [0.05, 0.1) is 6.61 Å². The van der Waals surface area contributed by atoms with Gasteiger partial charge in [0, 0.05) is 56.3 Å². The second kappa shape index (κ2) is 9.94. The van der Waals surface area contributed by atoms with Crippen molar-refractivity contribution in [1.82, 2.24) is 19.6 Å². The molecule has 0 saturated carbocycles. The van der Waals surface area contributed by atoms with Crippen LogP contribution < -0.4 is 15.8 Å². The largest absolute Gasteiger partial charge is 0.392 e. The molecule has 0 aromatic carbocycles. The van der Waals surface area contributed by atoms with Gasteiger partial charge >= 0.3 is 0 Å². The lowest BCUT2D eigenvalue weighted by Gasteiger charge is -2.41. The zero-order chi connectivity index (χ0) is 27.0. The number of carbonyl (C=O) groups excluding carboxylic acids is 1. The Hall–Kier alpha value is -4.18. The number of hydrogen-bond acceptors (Lipinski definition) is 8. The first-order chi connectivity index (χ1) is 18.2. The second-order valence-electron chi connectivity index (χ2n) is 10.6. The van der Waals surface area contributed by atoms with Crippen LogP contribution in [0.5, 0.6) is 0 Å². The summed E-state index contributed by atoms with van der Waals surface area (Å²) in [6, 6.07) is 5.08. The van der Waals surface area contributed by atoms with Crippen molar-refractivity contribution in [2.75, 3.05) is 29.9 Å². The number of piperazine rings is 1. The van der Waals surface area contributed by atoms with E-state index in [9.17, 15) is 14.7 Å². The number of pyridine rings is 2. The summed E-state index contributed by atoms with van der Waals surface area (Å²) in [4.78, 5) is 34.8. The summed E-state index contributed by atoms with van der Waals surface area (Å²) in [6.45, 7) is 10.2.